The Morgan fingerprint density at radius 1 is 1.15 bits per heavy atom. The highest BCUT2D eigenvalue weighted by Gasteiger charge is 2.13. The van der Waals surface area contributed by atoms with E-state index in [1.54, 1.807) is 0 Å². The first-order valence-corrected chi connectivity index (χ1v) is 9.39. The molecule has 0 saturated heterocycles. The molecule has 27 heavy (non-hydrogen) atoms. The number of carbonyl (C=O) groups excluding carboxylic acids is 1. The van der Waals surface area contributed by atoms with E-state index in [9.17, 15) is 10.1 Å². The summed E-state index contributed by atoms with van der Waals surface area (Å²) in [5.41, 5.74) is 3.45. The van der Waals surface area contributed by atoms with Gasteiger partial charge in [-0.15, -0.1) is 0 Å². The van der Waals surface area contributed by atoms with Crippen molar-refractivity contribution in [2.45, 2.75) is 32.7 Å². The Morgan fingerprint density at radius 2 is 1.78 bits per heavy atom. The van der Waals surface area contributed by atoms with Crippen molar-refractivity contribution >= 4 is 17.5 Å². The Balaban J connectivity index is 1.87. The van der Waals surface area contributed by atoms with Crippen molar-refractivity contribution in [1.29, 1.82) is 5.26 Å². The molecule has 2 aromatic rings. The van der Waals surface area contributed by atoms with Crippen LogP contribution in [-0.4, -0.2) is 12.5 Å². The van der Waals surface area contributed by atoms with Gasteiger partial charge in [0.2, 0.25) is 0 Å². The molecule has 0 aliphatic rings. The number of nitrogens with zero attached hydrogens (tertiary/aromatic N) is 1. The number of aryl methyl sites for hydroxylation is 1. The van der Waals surface area contributed by atoms with Crippen LogP contribution in [0.5, 0.6) is 0 Å². The van der Waals surface area contributed by atoms with E-state index in [1.165, 1.54) is 11.8 Å². The number of amides is 1. The van der Waals surface area contributed by atoms with Crippen molar-refractivity contribution in [3.63, 3.8) is 0 Å². The summed E-state index contributed by atoms with van der Waals surface area (Å²) in [7, 11) is 0. The van der Waals surface area contributed by atoms with E-state index in [-0.39, 0.29) is 17.5 Å². The maximum absolute atomic E-state index is 12.3. The Labute approximate surface area is 165 Å². The molecule has 2 rings (SSSR count). The first-order chi connectivity index (χ1) is 13.0. The number of hydrogen-bond donors (Lipinski definition) is 2. The van der Waals surface area contributed by atoms with E-state index in [0.29, 0.717) is 11.6 Å². The summed E-state index contributed by atoms with van der Waals surface area (Å²) in [5.74, 6) is -0.386. The zero-order chi connectivity index (χ0) is 19.6. The van der Waals surface area contributed by atoms with Crippen LogP contribution in [0.25, 0.3) is 0 Å². The van der Waals surface area contributed by atoms with Gasteiger partial charge in [-0.05, 0) is 48.6 Å². The number of benzene rings is 2. The van der Waals surface area contributed by atoms with E-state index in [1.807, 2.05) is 49.4 Å². The van der Waals surface area contributed by atoms with Crippen LogP contribution in [0.2, 0.25) is 5.02 Å². The molecule has 0 heterocycles. The average Bonchev–Trinajstić information content (AvgIpc) is 2.69. The van der Waals surface area contributed by atoms with Crippen molar-refractivity contribution in [3.8, 4) is 6.07 Å². The molecule has 0 radical (unpaired) electrons. The van der Waals surface area contributed by atoms with Crippen molar-refractivity contribution in [2.24, 2.45) is 0 Å². The van der Waals surface area contributed by atoms with E-state index in [0.717, 1.165) is 24.0 Å². The predicted molar refractivity (Wildman–Crippen MR) is 109 cm³/mol. The van der Waals surface area contributed by atoms with Crippen LogP contribution in [0.3, 0.4) is 0 Å². The highest BCUT2D eigenvalue weighted by atomic mass is 35.5. The van der Waals surface area contributed by atoms with Gasteiger partial charge < -0.3 is 10.6 Å². The summed E-state index contributed by atoms with van der Waals surface area (Å²) >= 11 is 5.86. The van der Waals surface area contributed by atoms with Crippen molar-refractivity contribution in [1.82, 2.24) is 10.6 Å². The number of nitrogens with one attached hydrogen (secondary N) is 2. The molecule has 2 aromatic carbocycles. The zero-order valence-corrected chi connectivity index (χ0v) is 16.4. The number of nitriles is 1. The smallest absolute Gasteiger partial charge is 0.263 e. The third-order valence-corrected chi connectivity index (χ3v) is 4.57. The Bertz CT molecular complexity index is 820. The third-order valence-electron chi connectivity index (χ3n) is 4.32. The van der Waals surface area contributed by atoms with Gasteiger partial charge in [-0.25, -0.2) is 0 Å². The molecule has 1 unspecified atom stereocenters. The van der Waals surface area contributed by atoms with E-state index in [4.69, 9.17) is 11.6 Å². The van der Waals surface area contributed by atoms with E-state index >= 15 is 0 Å². The van der Waals surface area contributed by atoms with Gasteiger partial charge in [-0.3, -0.25) is 4.79 Å². The lowest BCUT2D eigenvalue weighted by Crippen LogP contribution is -2.28. The minimum atomic E-state index is -0.386. The Kier molecular flexibility index (Phi) is 7.91. The van der Waals surface area contributed by atoms with Crippen molar-refractivity contribution in [2.75, 3.05) is 6.54 Å². The number of hydrogen-bond acceptors (Lipinski definition) is 3. The molecule has 4 nitrogen and oxygen atoms in total. The fourth-order valence-electron chi connectivity index (χ4n) is 2.59. The average molecular weight is 382 g/mol. The molecule has 5 heteroatoms. The molecule has 1 amide bonds. The number of carbonyl (C=O) groups is 1. The Hall–Kier alpha value is -2.77. The molecule has 0 saturated carbocycles. The molecule has 1 atom stereocenters. The van der Waals surface area contributed by atoms with Gasteiger partial charge in [0.15, 0.2) is 0 Å². The van der Waals surface area contributed by atoms with Crippen LogP contribution < -0.4 is 10.6 Å². The van der Waals surface area contributed by atoms with Crippen LogP contribution in [0.15, 0.2) is 60.3 Å². The summed E-state index contributed by atoms with van der Waals surface area (Å²) in [5, 5.41) is 15.9. The predicted octanol–water partition coefficient (Wildman–Crippen LogP) is 4.32. The Morgan fingerprint density at radius 3 is 2.37 bits per heavy atom. The molecule has 0 aromatic heterocycles. The topological polar surface area (TPSA) is 64.9 Å². The highest BCUT2D eigenvalue weighted by Crippen LogP contribution is 2.14. The molecule has 0 spiro atoms. The van der Waals surface area contributed by atoms with Crippen LogP contribution >= 0.6 is 11.6 Å². The van der Waals surface area contributed by atoms with E-state index < -0.39 is 0 Å². The lowest BCUT2D eigenvalue weighted by Gasteiger charge is -2.14. The second-order valence-electron chi connectivity index (χ2n) is 6.29. The summed E-state index contributed by atoms with van der Waals surface area (Å²) in [6.07, 6.45) is 3.22. The van der Waals surface area contributed by atoms with Crippen LogP contribution in [0, 0.1) is 11.3 Å². The normalized spacial score (nSPS) is 12.1. The molecule has 0 fully saturated rings. The first-order valence-electron chi connectivity index (χ1n) is 9.01. The third kappa shape index (κ3) is 6.47. The highest BCUT2D eigenvalue weighted by molar-refractivity contribution is 6.30. The van der Waals surface area contributed by atoms with Gasteiger partial charge in [0.25, 0.3) is 5.91 Å². The van der Waals surface area contributed by atoms with Gasteiger partial charge in [-0.2, -0.15) is 5.26 Å². The maximum atomic E-state index is 12.3. The summed E-state index contributed by atoms with van der Waals surface area (Å²) in [4.78, 5) is 12.3. The SMILES string of the molecule is CCc1ccc(C(C)NC(=O)/C(C#N)=C\NCCc2ccc(Cl)cc2)cc1. The van der Waals surface area contributed by atoms with Crippen LogP contribution in [-0.2, 0) is 17.6 Å². The van der Waals surface area contributed by atoms with Crippen LogP contribution in [0.4, 0.5) is 0 Å². The summed E-state index contributed by atoms with van der Waals surface area (Å²) in [6, 6.07) is 17.5. The minimum absolute atomic E-state index is 0.0585. The standard InChI is InChI=1S/C22H24ClN3O/c1-3-17-4-8-19(9-5-17)16(2)26-22(27)20(14-24)15-25-13-12-18-6-10-21(23)11-7-18/h4-11,15-16,25H,3,12-13H2,1-2H3,(H,26,27)/b20-15-. The quantitative estimate of drug-likeness (QED) is 0.406. The second kappa shape index (κ2) is 10.4. The zero-order valence-electron chi connectivity index (χ0n) is 15.6. The molecule has 2 N–H and O–H groups in total. The maximum Gasteiger partial charge on any atom is 0.263 e. The minimum Gasteiger partial charge on any atom is -0.389 e. The van der Waals surface area contributed by atoms with Crippen LogP contribution in [0.1, 0.15) is 36.6 Å². The van der Waals surface area contributed by atoms with Crippen molar-refractivity contribution < 1.29 is 4.79 Å². The van der Waals surface area contributed by atoms with Gasteiger partial charge >= 0.3 is 0 Å². The fraction of sp³-hybridized carbons (Fsp3) is 0.273. The molecular weight excluding hydrogens is 358 g/mol. The summed E-state index contributed by atoms with van der Waals surface area (Å²) < 4.78 is 0. The number of rotatable bonds is 8. The second-order valence-corrected chi connectivity index (χ2v) is 6.73. The fourth-order valence-corrected chi connectivity index (χ4v) is 2.72. The molecule has 0 aliphatic carbocycles. The van der Waals surface area contributed by atoms with Gasteiger partial charge in [0.1, 0.15) is 11.6 Å². The van der Waals surface area contributed by atoms with Gasteiger partial charge in [-0.1, -0.05) is 54.9 Å². The van der Waals surface area contributed by atoms with E-state index in [2.05, 4.69) is 29.7 Å². The van der Waals surface area contributed by atoms with Crippen molar-refractivity contribution in [3.05, 3.63) is 82.0 Å². The first kappa shape index (κ1) is 20.5. The molecule has 140 valence electrons. The molecular formula is C22H24ClN3O. The number of halogens is 1. The molecule has 0 aliphatic heterocycles. The molecule has 0 bridgehead atoms. The summed E-state index contributed by atoms with van der Waals surface area (Å²) in [6.45, 7) is 4.63. The lowest BCUT2D eigenvalue weighted by atomic mass is 10.0. The lowest BCUT2D eigenvalue weighted by molar-refractivity contribution is -0.117. The van der Waals surface area contributed by atoms with Gasteiger partial charge in [0, 0.05) is 17.8 Å². The van der Waals surface area contributed by atoms with Gasteiger partial charge in [0.05, 0.1) is 6.04 Å². The monoisotopic (exact) mass is 381 g/mol. The largest absolute Gasteiger partial charge is 0.389 e.